The van der Waals surface area contributed by atoms with Gasteiger partial charge >= 0.3 is 5.97 Å². The lowest BCUT2D eigenvalue weighted by Gasteiger charge is -2.34. The average Bonchev–Trinajstić information content (AvgIpc) is 3.14. The number of aliphatic carboxylic acids is 1. The van der Waals surface area contributed by atoms with E-state index in [1.54, 1.807) is 0 Å². The van der Waals surface area contributed by atoms with Gasteiger partial charge in [0.1, 0.15) is 0 Å². The van der Waals surface area contributed by atoms with Gasteiger partial charge in [-0.25, -0.2) is 0 Å². The van der Waals surface area contributed by atoms with E-state index in [0.717, 1.165) is 24.9 Å². The lowest BCUT2D eigenvalue weighted by Crippen LogP contribution is -2.45. The Morgan fingerprint density at radius 2 is 1.82 bits per heavy atom. The molecule has 22 heavy (non-hydrogen) atoms. The van der Waals surface area contributed by atoms with E-state index in [1.807, 2.05) is 35.3 Å². The molecule has 0 aromatic heterocycles. The topological polar surface area (TPSA) is 57.6 Å². The highest BCUT2D eigenvalue weighted by Crippen LogP contribution is 2.49. The SMILES string of the molecule is O=C(O)[C@@H]1[C@H](C(=O)N2CCCc3ccccc32)[C@@H]2C=C[C@H]1C2. The van der Waals surface area contributed by atoms with E-state index >= 15 is 0 Å². The van der Waals surface area contributed by atoms with Crippen LogP contribution in [0.1, 0.15) is 18.4 Å². The highest BCUT2D eigenvalue weighted by Gasteiger charge is 2.52. The Balaban J connectivity index is 1.68. The van der Waals surface area contributed by atoms with Crippen LogP contribution < -0.4 is 4.90 Å². The molecule has 1 saturated carbocycles. The van der Waals surface area contributed by atoms with Gasteiger partial charge in [0.15, 0.2) is 0 Å². The standard InChI is InChI=1S/C18H19NO3/c20-17(15-12-7-8-13(10-12)16(15)18(21)22)19-9-3-5-11-4-1-2-6-14(11)19/h1-2,4,6-8,12-13,15-16H,3,5,9-10H2,(H,21,22)/t12-,13+,15-,16+/m1/s1. The zero-order valence-electron chi connectivity index (χ0n) is 12.3. The summed E-state index contributed by atoms with van der Waals surface area (Å²) in [6.45, 7) is 0.694. The molecule has 0 spiro atoms. The van der Waals surface area contributed by atoms with E-state index in [0.29, 0.717) is 6.54 Å². The Morgan fingerprint density at radius 1 is 1.09 bits per heavy atom. The van der Waals surface area contributed by atoms with Crippen LogP contribution in [0.3, 0.4) is 0 Å². The second-order valence-corrected chi connectivity index (χ2v) is 6.56. The van der Waals surface area contributed by atoms with E-state index in [-0.39, 0.29) is 17.7 Å². The number of hydrogen-bond donors (Lipinski definition) is 1. The van der Waals surface area contributed by atoms with Gasteiger partial charge in [0.05, 0.1) is 11.8 Å². The second-order valence-electron chi connectivity index (χ2n) is 6.56. The van der Waals surface area contributed by atoms with Crippen LogP contribution in [0.15, 0.2) is 36.4 Å². The monoisotopic (exact) mass is 297 g/mol. The quantitative estimate of drug-likeness (QED) is 0.853. The number of rotatable bonds is 2. The van der Waals surface area contributed by atoms with E-state index in [1.165, 1.54) is 5.56 Å². The Hall–Kier alpha value is -2.10. The largest absolute Gasteiger partial charge is 0.481 e. The van der Waals surface area contributed by atoms with Crippen molar-refractivity contribution in [3.8, 4) is 0 Å². The van der Waals surface area contributed by atoms with Gasteiger partial charge < -0.3 is 10.0 Å². The molecule has 1 N–H and O–H groups in total. The van der Waals surface area contributed by atoms with Crippen molar-refractivity contribution in [2.45, 2.75) is 19.3 Å². The smallest absolute Gasteiger partial charge is 0.307 e. The van der Waals surface area contributed by atoms with Crippen molar-refractivity contribution in [3.63, 3.8) is 0 Å². The van der Waals surface area contributed by atoms with Crippen LogP contribution in [0, 0.1) is 23.7 Å². The van der Waals surface area contributed by atoms with Gasteiger partial charge in [0, 0.05) is 12.2 Å². The number of benzene rings is 1. The maximum Gasteiger partial charge on any atom is 0.307 e. The minimum atomic E-state index is -0.833. The first-order valence-corrected chi connectivity index (χ1v) is 7.97. The molecule has 114 valence electrons. The molecule has 1 fully saturated rings. The summed E-state index contributed by atoms with van der Waals surface area (Å²) < 4.78 is 0. The molecule has 4 atom stereocenters. The average molecular weight is 297 g/mol. The molecule has 1 aliphatic heterocycles. The molecular formula is C18H19NO3. The lowest BCUT2D eigenvalue weighted by atomic mass is 9.81. The number of allylic oxidation sites excluding steroid dienone is 2. The number of carbonyl (C=O) groups is 2. The van der Waals surface area contributed by atoms with Gasteiger partial charge in [-0.3, -0.25) is 9.59 Å². The number of hydrogen-bond acceptors (Lipinski definition) is 2. The summed E-state index contributed by atoms with van der Waals surface area (Å²) in [7, 11) is 0. The molecule has 0 unspecified atom stereocenters. The van der Waals surface area contributed by atoms with Crippen LogP contribution in [0.25, 0.3) is 0 Å². The maximum atomic E-state index is 13.1. The molecule has 1 aromatic rings. The van der Waals surface area contributed by atoms with Crippen molar-refractivity contribution in [2.75, 3.05) is 11.4 Å². The summed E-state index contributed by atoms with van der Waals surface area (Å²) >= 11 is 0. The third-order valence-corrected chi connectivity index (χ3v) is 5.41. The molecule has 4 nitrogen and oxygen atoms in total. The minimum absolute atomic E-state index is 0.00333. The summed E-state index contributed by atoms with van der Waals surface area (Å²) in [5, 5.41) is 9.54. The molecule has 1 heterocycles. The van der Waals surface area contributed by atoms with Crippen molar-refractivity contribution >= 4 is 17.6 Å². The van der Waals surface area contributed by atoms with Gasteiger partial charge in [0.2, 0.25) is 5.91 Å². The van der Waals surface area contributed by atoms with Crippen LogP contribution in [-0.4, -0.2) is 23.5 Å². The third kappa shape index (κ3) is 1.90. The van der Waals surface area contributed by atoms with Crippen molar-refractivity contribution in [1.82, 2.24) is 0 Å². The number of carboxylic acids is 1. The Kier molecular flexibility index (Phi) is 3.06. The number of aryl methyl sites for hydroxylation is 1. The van der Waals surface area contributed by atoms with Crippen molar-refractivity contribution < 1.29 is 14.7 Å². The molecule has 1 aromatic carbocycles. The van der Waals surface area contributed by atoms with Crippen LogP contribution >= 0.6 is 0 Å². The predicted octanol–water partition coefficient (Wildman–Crippen LogP) is 2.49. The number of para-hydroxylation sites is 1. The van der Waals surface area contributed by atoms with Crippen molar-refractivity contribution in [3.05, 3.63) is 42.0 Å². The highest BCUT2D eigenvalue weighted by molar-refractivity contribution is 5.99. The van der Waals surface area contributed by atoms with Gasteiger partial charge in [-0.2, -0.15) is 0 Å². The van der Waals surface area contributed by atoms with Gasteiger partial charge in [0.25, 0.3) is 0 Å². The number of anilines is 1. The second kappa shape index (κ2) is 4.97. The van der Waals surface area contributed by atoms with Gasteiger partial charge in [-0.15, -0.1) is 0 Å². The van der Waals surface area contributed by atoms with Crippen LogP contribution in [0.4, 0.5) is 5.69 Å². The first kappa shape index (κ1) is 13.6. The molecule has 4 rings (SSSR count). The summed E-state index contributed by atoms with van der Waals surface area (Å²) in [4.78, 5) is 26.6. The maximum absolute atomic E-state index is 13.1. The van der Waals surface area contributed by atoms with Crippen LogP contribution in [0.2, 0.25) is 0 Å². The van der Waals surface area contributed by atoms with Crippen LogP contribution in [-0.2, 0) is 16.0 Å². The number of carbonyl (C=O) groups excluding carboxylic acids is 1. The van der Waals surface area contributed by atoms with Gasteiger partial charge in [-0.05, 0) is 42.7 Å². The fourth-order valence-corrected chi connectivity index (χ4v) is 4.44. The fourth-order valence-electron chi connectivity index (χ4n) is 4.44. The first-order chi connectivity index (χ1) is 10.7. The summed E-state index contributed by atoms with van der Waals surface area (Å²) in [6.07, 6.45) is 6.76. The van der Waals surface area contributed by atoms with Crippen molar-refractivity contribution in [2.24, 2.45) is 23.7 Å². The number of fused-ring (bicyclic) bond motifs is 3. The minimum Gasteiger partial charge on any atom is -0.481 e. The molecule has 2 aliphatic carbocycles. The molecular weight excluding hydrogens is 278 g/mol. The Bertz CT molecular complexity index is 666. The van der Waals surface area contributed by atoms with E-state index in [4.69, 9.17) is 0 Å². The normalized spacial score (nSPS) is 32.1. The third-order valence-electron chi connectivity index (χ3n) is 5.41. The molecule has 0 radical (unpaired) electrons. The first-order valence-electron chi connectivity index (χ1n) is 7.97. The molecule has 4 heteroatoms. The fraction of sp³-hybridized carbons (Fsp3) is 0.444. The summed E-state index contributed by atoms with van der Waals surface area (Å²) in [5.41, 5.74) is 2.15. The number of amides is 1. The highest BCUT2D eigenvalue weighted by atomic mass is 16.4. The zero-order chi connectivity index (χ0) is 15.3. The Labute approximate surface area is 129 Å². The molecule has 3 aliphatic rings. The molecule has 2 bridgehead atoms. The van der Waals surface area contributed by atoms with E-state index < -0.39 is 17.8 Å². The zero-order valence-corrected chi connectivity index (χ0v) is 12.3. The lowest BCUT2D eigenvalue weighted by molar-refractivity contribution is -0.147. The number of nitrogens with zero attached hydrogens (tertiary/aromatic N) is 1. The summed E-state index contributed by atoms with van der Waals surface area (Å²) in [6, 6.07) is 7.97. The summed E-state index contributed by atoms with van der Waals surface area (Å²) in [5.74, 6) is -1.68. The van der Waals surface area contributed by atoms with E-state index in [2.05, 4.69) is 6.07 Å². The number of carboxylic acid groups (broad SMARTS) is 1. The predicted molar refractivity (Wildman–Crippen MR) is 82.5 cm³/mol. The Morgan fingerprint density at radius 3 is 2.59 bits per heavy atom. The van der Waals surface area contributed by atoms with E-state index in [9.17, 15) is 14.7 Å². The van der Waals surface area contributed by atoms with Crippen LogP contribution in [0.5, 0.6) is 0 Å². The van der Waals surface area contributed by atoms with Crippen molar-refractivity contribution in [1.29, 1.82) is 0 Å². The molecule has 1 amide bonds. The molecule has 0 saturated heterocycles. The van der Waals surface area contributed by atoms with Gasteiger partial charge in [-0.1, -0.05) is 30.4 Å².